The molecule has 0 aliphatic rings. The third-order valence-electron chi connectivity index (χ3n) is 2.59. The van der Waals surface area contributed by atoms with Crippen molar-refractivity contribution < 1.29 is 14.6 Å². The third-order valence-corrected chi connectivity index (χ3v) is 2.59. The lowest BCUT2D eigenvalue weighted by molar-refractivity contribution is 0.137. The van der Waals surface area contributed by atoms with Crippen molar-refractivity contribution in [1.29, 1.82) is 0 Å². The molecular formula is C15H21NO3. The number of carbonyl (C=O) groups excluding carboxylic acids is 1. The van der Waals surface area contributed by atoms with E-state index in [9.17, 15) is 4.79 Å². The predicted molar refractivity (Wildman–Crippen MR) is 74.7 cm³/mol. The molecule has 0 unspecified atom stereocenters. The predicted octanol–water partition coefficient (Wildman–Crippen LogP) is 2.63. The van der Waals surface area contributed by atoms with Gasteiger partial charge in [-0.1, -0.05) is 55.8 Å². The van der Waals surface area contributed by atoms with Crippen LogP contribution in [0.5, 0.6) is 0 Å². The van der Waals surface area contributed by atoms with Crippen LogP contribution in [-0.4, -0.2) is 23.8 Å². The van der Waals surface area contributed by atoms with Crippen molar-refractivity contribution in [2.45, 2.75) is 32.4 Å². The summed E-state index contributed by atoms with van der Waals surface area (Å²) < 4.78 is 5.14. The van der Waals surface area contributed by atoms with Crippen LogP contribution in [0, 0.1) is 0 Å². The Morgan fingerprint density at radius 3 is 2.79 bits per heavy atom. The van der Waals surface area contributed by atoms with Crippen molar-refractivity contribution in [2.75, 3.05) is 6.61 Å². The van der Waals surface area contributed by atoms with Crippen LogP contribution >= 0.6 is 0 Å². The fourth-order valence-electron chi connectivity index (χ4n) is 1.67. The highest BCUT2D eigenvalue weighted by Crippen LogP contribution is 2.03. The lowest BCUT2D eigenvalue weighted by Crippen LogP contribution is -2.33. The van der Waals surface area contributed by atoms with Crippen molar-refractivity contribution in [3.05, 3.63) is 48.0 Å². The van der Waals surface area contributed by atoms with Crippen molar-refractivity contribution in [2.24, 2.45) is 0 Å². The van der Waals surface area contributed by atoms with Crippen molar-refractivity contribution >= 4 is 6.09 Å². The number of hydrogen-bond acceptors (Lipinski definition) is 3. The van der Waals surface area contributed by atoms with Crippen molar-refractivity contribution in [3.8, 4) is 0 Å². The minimum Gasteiger partial charge on any atom is -0.445 e. The van der Waals surface area contributed by atoms with Crippen LogP contribution in [-0.2, 0) is 11.3 Å². The number of nitrogens with one attached hydrogen (secondary N) is 1. The van der Waals surface area contributed by atoms with Gasteiger partial charge in [0.25, 0.3) is 0 Å². The van der Waals surface area contributed by atoms with E-state index >= 15 is 0 Å². The topological polar surface area (TPSA) is 58.6 Å². The highest BCUT2D eigenvalue weighted by atomic mass is 16.5. The Hall–Kier alpha value is -1.81. The molecular weight excluding hydrogens is 242 g/mol. The zero-order valence-corrected chi connectivity index (χ0v) is 11.2. The van der Waals surface area contributed by atoms with Gasteiger partial charge in [-0.15, -0.1) is 0 Å². The second-order valence-corrected chi connectivity index (χ2v) is 4.21. The van der Waals surface area contributed by atoms with Gasteiger partial charge in [0.1, 0.15) is 6.61 Å². The Morgan fingerprint density at radius 2 is 2.16 bits per heavy atom. The molecule has 104 valence electrons. The first-order chi connectivity index (χ1) is 9.26. The monoisotopic (exact) mass is 263 g/mol. The van der Waals surface area contributed by atoms with Crippen molar-refractivity contribution in [3.63, 3.8) is 0 Å². The van der Waals surface area contributed by atoms with Crippen LogP contribution in [0.2, 0.25) is 0 Å². The number of hydrogen-bond donors (Lipinski definition) is 2. The van der Waals surface area contributed by atoms with E-state index < -0.39 is 6.09 Å². The molecule has 0 aliphatic heterocycles. The minimum absolute atomic E-state index is 0.0268. The van der Waals surface area contributed by atoms with E-state index in [1.165, 1.54) is 0 Å². The highest BCUT2D eigenvalue weighted by Gasteiger charge is 2.09. The maximum Gasteiger partial charge on any atom is 0.407 e. The molecule has 4 heteroatoms. The number of alkyl carbamates (subject to hydrolysis) is 1. The molecule has 0 bridgehead atoms. The SMILES string of the molecule is CCC[C@@H](/C=C\CO)NC(=O)OCc1ccccc1. The molecule has 1 atom stereocenters. The molecule has 1 amide bonds. The van der Waals surface area contributed by atoms with Gasteiger partial charge in [-0.05, 0) is 12.0 Å². The Kier molecular flexibility index (Phi) is 7.35. The largest absolute Gasteiger partial charge is 0.445 e. The Labute approximate surface area is 114 Å². The Bertz CT molecular complexity index is 390. The summed E-state index contributed by atoms with van der Waals surface area (Å²) in [6.07, 6.45) is 4.73. The van der Waals surface area contributed by atoms with Crippen LogP contribution in [0.25, 0.3) is 0 Å². The zero-order chi connectivity index (χ0) is 13.9. The van der Waals surface area contributed by atoms with Gasteiger partial charge in [0.05, 0.1) is 12.6 Å². The Balaban J connectivity index is 2.37. The van der Waals surface area contributed by atoms with Gasteiger partial charge >= 0.3 is 6.09 Å². The molecule has 0 fully saturated rings. The van der Waals surface area contributed by atoms with Crippen LogP contribution in [0.15, 0.2) is 42.5 Å². The van der Waals surface area contributed by atoms with Gasteiger partial charge in [0.2, 0.25) is 0 Å². The Morgan fingerprint density at radius 1 is 1.42 bits per heavy atom. The van der Waals surface area contributed by atoms with Gasteiger partial charge in [0.15, 0.2) is 0 Å². The van der Waals surface area contributed by atoms with Crippen LogP contribution < -0.4 is 5.32 Å². The van der Waals surface area contributed by atoms with Crippen molar-refractivity contribution in [1.82, 2.24) is 5.32 Å². The van der Waals surface area contributed by atoms with Crippen LogP contribution in [0.3, 0.4) is 0 Å². The lowest BCUT2D eigenvalue weighted by atomic mass is 10.1. The summed E-state index contributed by atoms with van der Waals surface area (Å²) in [4.78, 5) is 11.6. The summed E-state index contributed by atoms with van der Waals surface area (Å²) in [7, 11) is 0. The molecule has 0 aromatic heterocycles. The summed E-state index contributed by atoms with van der Waals surface area (Å²) >= 11 is 0. The van der Waals surface area contributed by atoms with Gasteiger partial charge in [-0.25, -0.2) is 4.79 Å². The molecule has 0 spiro atoms. The fraction of sp³-hybridized carbons (Fsp3) is 0.400. The molecule has 19 heavy (non-hydrogen) atoms. The molecule has 4 nitrogen and oxygen atoms in total. The second kappa shape index (κ2) is 9.16. The molecule has 0 heterocycles. The van der Waals surface area contributed by atoms with E-state index in [0.29, 0.717) is 0 Å². The first-order valence-electron chi connectivity index (χ1n) is 6.51. The number of aliphatic hydroxyl groups is 1. The quantitative estimate of drug-likeness (QED) is 0.743. The van der Waals surface area contributed by atoms with E-state index in [2.05, 4.69) is 5.32 Å². The summed E-state index contributed by atoms with van der Waals surface area (Å²) in [5.41, 5.74) is 0.954. The highest BCUT2D eigenvalue weighted by molar-refractivity contribution is 5.67. The van der Waals surface area contributed by atoms with E-state index in [0.717, 1.165) is 18.4 Å². The van der Waals surface area contributed by atoms with Gasteiger partial charge in [-0.3, -0.25) is 0 Å². The van der Waals surface area contributed by atoms with E-state index in [1.54, 1.807) is 12.2 Å². The first-order valence-corrected chi connectivity index (χ1v) is 6.51. The molecule has 1 aromatic carbocycles. The second-order valence-electron chi connectivity index (χ2n) is 4.21. The molecule has 0 radical (unpaired) electrons. The average molecular weight is 263 g/mol. The lowest BCUT2D eigenvalue weighted by Gasteiger charge is -2.14. The van der Waals surface area contributed by atoms with Crippen LogP contribution in [0.4, 0.5) is 4.79 Å². The summed E-state index contributed by atoms with van der Waals surface area (Å²) in [5, 5.41) is 11.5. The van der Waals surface area contributed by atoms with Gasteiger partial charge < -0.3 is 15.2 Å². The average Bonchev–Trinajstić information content (AvgIpc) is 2.44. The summed E-state index contributed by atoms with van der Waals surface area (Å²) in [6.45, 7) is 2.27. The number of aliphatic hydroxyl groups excluding tert-OH is 1. The summed E-state index contributed by atoms with van der Waals surface area (Å²) in [6, 6.07) is 9.44. The van der Waals surface area contributed by atoms with Gasteiger partial charge in [-0.2, -0.15) is 0 Å². The number of ether oxygens (including phenoxy) is 1. The van der Waals surface area contributed by atoms with E-state index in [-0.39, 0.29) is 19.3 Å². The molecule has 0 saturated carbocycles. The van der Waals surface area contributed by atoms with E-state index in [4.69, 9.17) is 9.84 Å². The molecule has 0 saturated heterocycles. The fourth-order valence-corrected chi connectivity index (χ4v) is 1.67. The third kappa shape index (κ3) is 6.62. The minimum atomic E-state index is -0.440. The molecule has 2 N–H and O–H groups in total. The summed E-state index contributed by atoms with van der Waals surface area (Å²) in [5.74, 6) is 0. The number of amides is 1. The van der Waals surface area contributed by atoms with Gasteiger partial charge in [0, 0.05) is 0 Å². The molecule has 0 aliphatic carbocycles. The molecule has 1 rings (SSSR count). The number of carbonyl (C=O) groups is 1. The maximum atomic E-state index is 11.6. The smallest absolute Gasteiger partial charge is 0.407 e. The van der Waals surface area contributed by atoms with Crippen LogP contribution in [0.1, 0.15) is 25.3 Å². The standard InChI is InChI=1S/C15H21NO3/c1-2-7-14(10-6-11-17)16-15(18)19-12-13-8-4-3-5-9-13/h3-6,8-10,14,17H,2,7,11-12H2,1H3,(H,16,18)/b10-6-/t14-/m0/s1. The first kappa shape index (κ1) is 15.2. The number of benzene rings is 1. The zero-order valence-electron chi connectivity index (χ0n) is 11.2. The maximum absolute atomic E-state index is 11.6. The number of rotatable bonds is 7. The van der Waals surface area contributed by atoms with E-state index in [1.807, 2.05) is 37.3 Å². The molecule has 1 aromatic rings. The normalized spacial score (nSPS) is 12.3.